The molecule has 2 aromatic carbocycles. The molecule has 1 amide bonds. The number of amides is 1. The molecule has 1 saturated carbocycles. The molecular formula is C26H22BrFN4O5. The van der Waals surface area contributed by atoms with Crippen LogP contribution in [0.25, 0.3) is 10.9 Å². The normalized spacial score (nSPS) is 18.1. The first-order valence-electron chi connectivity index (χ1n) is 12.0. The van der Waals surface area contributed by atoms with Crippen LogP contribution in [0, 0.1) is 5.82 Å². The van der Waals surface area contributed by atoms with Crippen molar-refractivity contribution in [3.05, 3.63) is 68.2 Å². The number of fused-ring (bicyclic) bond motifs is 2. The molecule has 0 radical (unpaired) electrons. The lowest BCUT2D eigenvalue weighted by Crippen LogP contribution is -2.51. The van der Waals surface area contributed by atoms with Crippen molar-refractivity contribution in [2.24, 2.45) is 0 Å². The number of ketones is 1. The van der Waals surface area contributed by atoms with E-state index in [4.69, 9.17) is 0 Å². The minimum atomic E-state index is -1.32. The van der Waals surface area contributed by atoms with Gasteiger partial charge in [0.1, 0.15) is 11.4 Å². The molecule has 2 aliphatic heterocycles. The predicted molar refractivity (Wildman–Crippen MR) is 138 cm³/mol. The van der Waals surface area contributed by atoms with Gasteiger partial charge in [0.2, 0.25) is 5.43 Å². The molecule has 1 aliphatic carbocycles. The van der Waals surface area contributed by atoms with Crippen molar-refractivity contribution in [3.63, 3.8) is 0 Å². The molecule has 6 rings (SSSR count). The van der Waals surface area contributed by atoms with Crippen molar-refractivity contribution in [1.29, 1.82) is 0 Å². The van der Waals surface area contributed by atoms with Gasteiger partial charge in [-0.3, -0.25) is 24.2 Å². The van der Waals surface area contributed by atoms with E-state index < -0.39 is 28.9 Å². The lowest BCUT2D eigenvalue weighted by Gasteiger charge is -2.37. The largest absolute Gasteiger partial charge is 0.477 e. The van der Waals surface area contributed by atoms with Crippen LogP contribution in [0.15, 0.2) is 45.8 Å². The first-order chi connectivity index (χ1) is 17.7. The number of Topliss-reactive ketones (excluding diaryl/α,β-unsaturated/α-hetero) is 1. The zero-order valence-corrected chi connectivity index (χ0v) is 21.2. The van der Waals surface area contributed by atoms with Crippen molar-refractivity contribution in [3.8, 4) is 0 Å². The Bertz CT molecular complexity index is 1560. The average molecular weight is 569 g/mol. The fourth-order valence-electron chi connectivity index (χ4n) is 5.15. The van der Waals surface area contributed by atoms with Gasteiger partial charge in [0, 0.05) is 48.3 Å². The van der Waals surface area contributed by atoms with E-state index in [0.29, 0.717) is 48.6 Å². The third kappa shape index (κ3) is 4.02. The molecule has 0 atom stereocenters. The van der Waals surface area contributed by atoms with Crippen LogP contribution in [0.1, 0.15) is 39.6 Å². The number of carbonyl (C=O) groups is 3. The Kier molecular flexibility index (Phi) is 5.64. The molecule has 1 saturated heterocycles. The molecule has 1 N–H and O–H groups in total. The van der Waals surface area contributed by atoms with Gasteiger partial charge >= 0.3 is 11.9 Å². The highest BCUT2D eigenvalue weighted by atomic mass is 79.9. The van der Waals surface area contributed by atoms with E-state index in [1.54, 1.807) is 28.8 Å². The maximum absolute atomic E-state index is 15.2. The second kappa shape index (κ2) is 8.77. The standard InChI is InChI=1S/C26H22BrFN4O5/c27-14-1-4-20-16(9-14)24(34)25(35)32(20)13-29-5-7-30(8-6-29)22-11-21-17(10-19(22)28)23(33)18(26(36)37)12-31(21)15-2-3-15/h1,4,9-12,15H,2-3,5-8,13H2,(H,36,37). The smallest absolute Gasteiger partial charge is 0.341 e. The second-order valence-electron chi connectivity index (χ2n) is 9.61. The molecule has 3 aromatic rings. The summed E-state index contributed by atoms with van der Waals surface area (Å²) in [5, 5.41) is 9.50. The number of piperazine rings is 1. The Morgan fingerprint density at radius 1 is 1.03 bits per heavy atom. The van der Waals surface area contributed by atoms with E-state index in [1.807, 2.05) is 9.80 Å². The van der Waals surface area contributed by atoms with E-state index in [2.05, 4.69) is 15.9 Å². The molecule has 0 bridgehead atoms. The SMILES string of the molecule is O=C1C(=O)N(CN2CCN(c3cc4c(cc3F)c(=O)c(C(=O)O)cn4C3CC3)CC2)c2ccc(Br)cc21. The molecule has 1 aromatic heterocycles. The fourth-order valence-corrected chi connectivity index (χ4v) is 5.51. The summed E-state index contributed by atoms with van der Waals surface area (Å²) in [6, 6.07) is 8.07. The van der Waals surface area contributed by atoms with Crippen molar-refractivity contribution in [2.45, 2.75) is 18.9 Å². The van der Waals surface area contributed by atoms with E-state index in [1.165, 1.54) is 11.1 Å². The summed E-state index contributed by atoms with van der Waals surface area (Å²) in [4.78, 5) is 54.7. The minimum Gasteiger partial charge on any atom is -0.477 e. The van der Waals surface area contributed by atoms with Crippen LogP contribution in [-0.4, -0.2) is 65.1 Å². The van der Waals surface area contributed by atoms with Crippen LogP contribution in [-0.2, 0) is 4.79 Å². The van der Waals surface area contributed by atoms with Crippen LogP contribution < -0.4 is 15.2 Å². The van der Waals surface area contributed by atoms with Gasteiger partial charge in [-0.05, 0) is 43.2 Å². The topological polar surface area (TPSA) is 103 Å². The lowest BCUT2D eigenvalue weighted by atomic mass is 10.1. The summed E-state index contributed by atoms with van der Waals surface area (Å²) >= 11 is 3.34. The molecule has 37 heavy (non-hydrogen) atoms. The van der Waals surface area contributed by atoms with Crippen molar-refractivity contribution in [1.82, 2.24) is 9.47 Å². The molecule has 190 valence electrons. The molecule has 11 heteroatoms. The highest BCUT2D eigenvalue weighted by molar-refractivity contribution is 9.10. The van der Waals surface area contributed by atoms with Gasteiger partial charge in [0.05, 0.1) is 29.1 Å². The first-order valence-corrected chi connectivity index (χ1v) is 12.8. The summed E-state index contributed by atoms with van der Waals surface area (Å²) in [5.74, 6) is -2.99. The number of carbonyl (C=O) groups excluding carboxylic acids is 2. The Labute approximate surface area is 218 Å². The van der Waals surface area contributed by atoms with Crippen molar-refractivity contribution < 1.29 is 23.9 Å². The van der Waals surface area contributed by atoms with Crippen LogP contribution >= 0.6 is 15.9 Å². The third-order valence-electron chi connectivity index (χ3n) is 7.26. The molecule has 0 spiro atoms. The summed E-state index contributed by atoms with van der Waals surface area (Å²) in [5.41, 5.74) is 0.798. The second-order valence-corrected chi connectivity index (χ2v) is 10.5. The third-order valence-corrected chi connectivity index (χ3v) is 7.75. The van der Waals surface area contributed by atoms with E-state index in [0.717, 1.165) is 23.4 Å². The van der Waals surface area contributed by atoms with Crippen molar-refractivity contribution in [2.75, 3.05) is 42.6 Å². The first kappa shape index (κ1) is 23.8. The van der Waals surface area contributed by atoms with Gasteiger partial charge in [0.25, 0.3) is 5.78 Å². The Morgan fingerprint density at radius 3 is 2.43 bits per heavy atom. The zero-order valence-electron chi connectivity index (χ0n) is 19.6. The number of benzene rings is 2. The van der Waals surface area contributed by atoms with Crippen molar-refractivity contribution >= 4 is 55.9 Å². The number of nitrogens with zero attached hydrogens (tertiary/aromatic N) is 4. The number of rotatable bonds is 5. The summed E-state index contributed by atoms with van der Waals surface area (Å²) in [6.07, 6.45) is 3.12. The number of hydrogen-bond donors (Lipinski definition) is 1. The predicted octanol–water partition coefficient (Wildman–Crippen LogP) is 3.25. The fraction of sp³-hybridized carbons (Fsp3) is 0.308. The quantitative estimate of drug-likeness (QED) is 0.471. The van der Waals surface area contributed by atoms with E-state index in [9.17, 15) is 24.3 Å². The number of carboxylic acid groups (broad SMARTS) is 1. The van der Waals surface area contributed by atoms with Gasteiger partial charge in [0.15, 0.2) is 0 Å². The molecule has 3 heterocycles. The van der Waals surface area contributed by atoms with Crippen LogP contribution in [0.5, 0.6) is 0 Å². The van der Waals surface area contributed by atoms with Crippen LogP contribution in [0.2, 0.25) is 0 Å². The maximum atomic E-state index is 15.2. The van der Waals surface area contributed by atoms with Gasteiger partial charge in [-0.2, -0.15) is 0 Å². The molecule has 9 nitrogen and oxygen atoms in total. The molecule has 3 aliphatic rings. The van der Waals surface area contributed by atoms with E-state index in [-0.39, 0.29) is 23.7 Å². The molecular weight excluding hydrogens is 547 g/mol. The van der Waals surface area contributed by atoms with E-state index >= 15 is 4.39 Å². The number of aromatic carboxylic acids is 1. The minimum absolute atomic E-state index is 0.0641. The number of pyridine rings is 1. The van der Waals surface area contributed by atoms with Gasteiger partial charge in [-0.1, -0.05) is 15.9 Å². The van der Waals surface area contributed by atoms with Gasteiger partial charge in [-0.25, -0.2) is 9.18 Å². The number of hydrogen-bond acceptors (Lipinski definition) is 6. The number of aromatic nitrogens is 1. The van der Waals surface area contributed by atoms with Crippen LogP contribution in [0.4, 0.5) is 15.8 Å². The summed E-state index contributed by atoms with van der Waals surface area (Å²) < 4.78 is 17.7. The van der Waals surface area contributed by atoms with Gasteiger partial charge < -0.3 is 14.6 Å². The monoisotopic (exact) mass is 568 g/mol. The zero-order chi connectivity index (χ0) is 26.0. The number of halogens is 2. The Morgan fingerprint density at radius 2 is 1.76 bits per heavy atom. The maximum Gasteiger partial charge on any atom is 0.341 e. The number of anilines is 2. The average Bonchev–Trinajstić information content (AvgIpc) is 3.69. The van der Waals surface area contributed by atoms with Gasteiger partial charge in [-0.15, -0.1) is 0 Å². The number of carboxylic acids is 1. The Hall–Kier alpha value is -3.57. The Balaban J connectivity index is 1.24. The lowest BCUT2D eigenvalue weighted by molar-refractivity contribution is -0.114. The van der Waals surface area contributed by atoms with Crippen LogP contribution in [0.3, 0.4) is 0 Å². The molecule has 2 fully saturated rings. The highest BCUT2D eigenvalue weighted by Crippen LogP contribution is 2.38. The summed E-state index contributed by atoms with van der Waals surface area (Å²) in [6.45, 7) is 2.29. The highest BCUT2D eigenvalue weighted by Gasteiger charge is 2.37. The summed E-state index contributed by atoms with van der Waals surface area (Å²) in [7, 11) is 0. The molecule has 0 unspecified atom stereocenters.